The molecule has 0 aliphatic carbocycles. The molecule has 45 heavy (non-hydrogen) atoms. The predicted molar refractivity (Wildman–Crippen MR) is 169 cm³/mol. The van der Waals surface area contributed by atoms with Crippen molar-refractivity contribution in [1.82, 2.24) is 24.8 Å². The van der Waals surface area contributed by atoms with E-state index in [4.69, 9.17) is 4.98 Å². The van der Waals surface area contributed by atoms with Crippen LogP contribution in [-0.2, 0) is 37.2 Å². The fourth-order valence-electron chi connectivity index (χ4n) is 6.42. The first kappa shape index (κ1) is 32.8. The summed E-state index contributed by atoms with van der Waals surface area (Å²) in [6, 6.07) is 9.89. The maximum atomic E-state index is 13.1. The largest absolute Gasteiger partial charge is 0.480 e. The number of carboxylic acids is 1. The van der Waals surface area contributed by atoms with Crippen LogP contribution in [0.15, 0.2) is 47.4 Å². The molecule has 2 saturated heterocycles. The minimum atomic E-state index is -3.90. The monoisotopic (exact) mass is 640 g/mol. The lowest BCUT2D eigenvalue weighted by Crippen LogP contribution is -2.51. The van der Waals surface area contributed by atoms with Crippen molar-refractivity contribution in [2.45, 2.75) is 87.2 Å². The minimum Gasteiger partial charge on any atom is -0.480 e. The molecular formula is C32H44N6O6S. The smallest absolute Gasteiger partial charge is 0.326 e. The summed E-state index contributed by atoms with van der Waals surface area (Å²) in [5.41, 5.74) is 2.41. The quantitative estimate of drug-likeness (QED) is 0.227. The van der Waals surface area contributed by atoms with Gasteiger partial charge in [0.1, 0.15) is 17.9 Å². The van der Waals surface area contributed by atoms with Crippen LogP contribution in [0.5, 0.6) is 0 Å². The lowest BCUT2D eigenvalue weighted by atomic mass is 10.1. The number of aryl methyl sites for hydroxylation is 2. The average molecular weight is 641 g/mol. The Labute approximate surface area is 265 Å². The number of nitrogens with zero attached hydrogens (tertiary/aromatic N) is 3. The molecule has 12 nitrogen and oxygen atoms in total. The highest BCUT2D eigenvalue weighted by Gasteiger charge is 2.40. The third-order valence-corrected chi connectivity index (χ3v) is 10.8. The molecule has 13 heteroatoms. The number of carbonyl (C=O) groups is 3. The lowest BCUT2D eigenvalue weighted by molar-refractivity contribution is -0.142. The first-order valence-corrected chi connectivity index (χ1v) is 17.5. The van der Waals surface area contributed by atoms with Gasteiger partial charge in [-0.2, -0.15) is 4.31 Å². The maximum absolute atomic E-state index is 13.1. The molecule has 3 aliphatic rings. The summed E-state index contributed by atoms with van der Waals surface area (Å²) in [5.74, 6) is -1.15. The Morgan fingerprint density at radius 3 is 2.67 bits per heavy atom. The molecule has 2 fully saturated rings. The molecular weight excluding hydrogens is 596 g/mol. The number of anilines is 1. The number of fused-ring (bicyclic) bond motifs is 1. The Balaban J connectivity index is 1.02. The van der Waals surface area contributed by atoms with Crippen molar-refractivity contribution in [1.29, 1.82) is 0 Å². The van der Waals surface area contributed by atoms with Gasteiger partial charge in [0.2, 0.25) is 21.8 Å². The van der Waals surface area contributed by atoms with Gasteiger partial charge in [0, 0.05) is 44.3 Å². The molecule has 2 amide bonds. The van der Waals surface area contributed by atoms with E-state index in [9.17, 15) is 27.9 Å². The first-order chi connectivity index (χ1) is 21.7. The van der Waals surface area contributed by atoms with Crippen LogP contribution >= 0.6 is 0 Å². The number of unbranched alkanes of at least 4 members (excludes halogenated alkanes) is 1. The summed E-state index contributed by atoms with van der Waals surface area (Å²) in [7, 11) is -3.90. The van der Waals surface area contributed by atoms with Gasteiger partial charge in [-0.05, 0) is 88.1 Å². The van der Waals surface area contributed by atoms with Gasteiger partial charge in [-0.15, -0.1) is 0 Å². The highest BCUT2D eigenvalue weighted by Crippen LogP contribution is 2.26. The molecule has 244 valence electrons. The van der Waals surface area contributed by atoms with Gasteiger partial charge in [-0.1, -0.05) is 24.3 Å². The Hall–Kier alpha value is -3.55. The zero-order chi connectivity index (χ0) is 31.8. The van der Waals surface area contributed by atoms with Crippen LogP contribution in [0.4, 0.5) is 5.82 Å². The van der Waals surface area contributed by atoms with E-state index in [-0.39, 0.29) is 36.2 Å². The van der Waals surface area contributed by atoms with Crippen molar-refractivity contribution in [3.8, 4) is 0 Å². The highest BCUT2D eigenvalue weighted by molar-refractivity contribution is 7.89. The topological polar surface area (TPSA) is 161 Å². The van der Waals surface area contributed by atoms with E-state index in [1.54, 1.807) is 18.2 Å². The van der Waals surface area contributed by atoms with Crippen molar-refractivity contribution in [2.75, 3.05) is 38.0 Å². The fraction of sp³-hybridized carbons (Fsp3) is 0.562. The number of nitrogens with one attached hydrogen (secondary N) is 3. The van der Waals surface area contributed by atoms with Crippen LogP contribution in [0.2, 0.25) is 0 Å². The molecule has 0 radical (unpaired) electrons. The number of sulfonamides is 1. The fourth-order valence-corrected chi connectivity index (χ4v) is 8.10. The third-order valence-electron chi connectivity index (χ3n) is 8.88. The number of likely N-dealkylation sites (tertiary alicyclic amines) is 1. The van der Waals surface area contributed by atoms with Crippen molar-refractivity contribution >= 4 is 33.6 Å². The minimum absolute atomic E-state index is 0.000929. The van der Waals surface area contributed by atoms with E-state index < -0.39 is 34.0 Å². The summed E-state index contributed by atoms with van der Waals surface area (Å²) in [6.45, 7) is 3.75. The SMILES string of the molecule is O=C(CC[C@H](NC(=O)[C@@H]1CCCN1S(=O)(=O)c1ccccc1)C(=O)O)N[C@H]1CCN(CCCCc2ccc3c(n2)NCCC3)C1. The number of benzene rings is 1. The number of aromatic nitrogens is 1. The second kappa shape index (κ2) is 15.2. The standard InChI is InChI=1S/C32H44N6O6S/c39-29(34-25-17-21-37(22-25)19-5-4-9-24-14-13-23-8-6-18-33-30(23)35-24)16-15-27(32(41)42)36-31(40)28-12-7-20-38(28)45(43,44)26-10-2-1-3-11-26/h1-3,10-11,13-14,25,27-28H,4-9,12,15-22H2,(H,33,35)(H,34,39)(H,36,40)(H,41,42)/t25-,27-,28-/m0/s1. The molecule has 5 rings (SSSR count). The van der Waals surface area contributed by atoms with E-state index in [1.165, 1.54) is 17.7 Å². The number of hydrogen-bond donors (Lipinski definition) is 4. The van der Waals surface area contributed by atoms with E-state index in [1.807, 2.05) is 0 Å². The zero-order valence-electron chi connectivity index (χ0n) is 25.6. The van der Waals surface area contributed by atoms with Gasteiger partial charge < -0.3 is 26.0 Å². The van der Waals surface area contributed by atoms with E-state index in [2.05, 4.69) is 33.0 Å². The zero-order valence-corrected chi connectivity index (χ0v) is 26.4. The van der Waals surface area contributed by atoms with Crippen molar-refractivity contribution in [3.63, 3.8) is 0 Å². The molecule has 1 aromatic carbocycles. The molecule has 0 spiro atoms. The number of rotatable bonds is 14. The van der Waals surface area contributed by atoms with Crippen LogP contribution in [-0.4, -0.2) is 96.3 Å². The molecule has 4 N–H and O–H groups in total. The molecule has 3 atom stereocenters. The Morgan fingerprint density at radius 1 is 1.04 bits per heavy atom. The van der Waals surface area contributed by atoms with Gasteiger partial charge in [-0.25, -0.2) is 18.2 Å². The Kier molecular flexibility index (Phi) is 11.1. The van der Waals surface area contributed by atoms with Crippen molar-refractivity contribution < 1.29 is 27.9 Å². The van der Waals surface area contributed by atoms with Crippen LogP contribution in [0.1, 0.15) is 62.6 Å². The van der Waals surface area contributed by atoms with Gasteiger partial charge in [-0.3, -0.25) is 9.59 Å². The van der Waals surface area contributed by atoms with Gasteiger partial charge in [0.25, 0.3) is 0 Å². The number of aliphatic carboxylic acids is 1. The second-order valence-electron chi connectivity index (χ2n) is 12.2. The summed E-state index contributed by atoms with van der Waals surface area (Å²) in [6.07, 6.45) is 6.72. The lowest BCUT2D eigenvalue weighted by Gasteiger charge is -2.25. The van der Waals surface area contributed by atoms with Crippen molar-refractivity contribution in [3.05, 3.63) is 53.7 Å². The molecule has 0 saturated carbocycles. The molecule has 3 aliphatic heterocycles. The second-order valence-corrected chi connectivity index (χ2v) is 14.1. The Morgan fingerprint density at radius 2 is 1.87 bits per heavy atom. The average Bonchev–Trinajstić information content (AvgIpc) is 3.72. The molecule has 2 aromatic rings. The van der Waals surface area contributed by atoms with E-state index >= 15 is 0 Å². The summed E-state index contributed by atoms with van der Waals surface area (Å²) in [4.78, 5) is 44.9. The van der Waals surface area contributed by atoms with Gasteiger partial charge in [0.05, 0.1) is 4.90 Å². The predicted octanol–water partition coefficient (Wildman–Crippen LogP) is 2.16. The molecule has 0 unspecified atom stereocenters. The highest BCUT2D eigenvalue weighted by atomic mass is 32.2. The summed E-state index contributed by atoms with van der Waals surface area (Å²) < 4.78 is 27.4. The van der Waals surface area contributed by atoms with Crippen LogP contribution in [0, 0.1) is 0 Å². The first-order valence-electron chi connectivity index (χ1n) is 16.0. The van der Waals surface area contributed by atoms with Gasteiger partial charge >= 0.3 is 5.97 Å². The third kappa shape index (κ3) is 8.59. The van der Waals surface area contributed by atoms with Gasteiger partial charge in [0.15, 0.2) is 0 Å². The van der Waals surface area contributed by atoms with Crippen LogP contribution in [0.25, 0.3) is 0 Å². The van der Waals surface area contributed by atoms with Crippen LogP contribution < -0.4 is 16.0 Å². The molecule has 1 aromatic heterocycles. The number of carbonyl (C=O) groups excluding carboxylic acids is 2. The molecule has 0 bridgehead atoms. The van der Waals surface area contributed by atoms with Crippen molar-refractivity contribution in [2.24, 2.45) is 0 Å². The number of carboxylic acid groups (broad SMARTS) is 1. The molecule has 4 heterocycles. The summed E-state index contributed by atoms with van der Waals surface area (Å²) in [5, 5.41) is 18.6. The van der Waals surface area contributed by atoms with E-state index in [0.717, 1.165) is 80.5 Å². The number of hydrogen-bond acceptors (Lipinski definition) is 8. The van der Waals surface area contributed by atoms with Crippen LogP contribution in [0.3, 0.4) is 0 Å². The Bertz CT molecular complexity index is 1460. The summed E-state index contributed by atoms with van der Waals surface area (Å²) >= 11 is 0. The van der Waals surface area contributed by atoms with E-state index in [0.29, 0.717) is 12.8 Å². The normalized spacial score (nSPS) is 21.1. The number of amides is 2. The number of pyridine rings is 1. The maximum Gasteiger partial charge on any atom is 0.326 e.